The number of carbonyl (C=O) groups excluding carboxylic acids is 1. The number of Topliss-reactive ketones (excluding diaryl/α,β-unsaturated/α-hetero) is 1. The number of carbonyl (C=O) groups is 2. The van der Waals surface area contributed by atoms with Gasteiger partial charge in [-0.2, -0.15) is 0 Å². The number of hydrogen-bond acceptors (Lipinski definition) is 2. The van der Waals surface area contributed by atoms with Gasteiger partial charge in [-0.3, -0.25) is 4.79 Å². The standard InChI is InChI=1S/C23H30O3/c1-7-9-19-15-23(5,6)20(18(4)22(19)26)13-12-16(2)10-8-11-17(3)14-21(24)25/h7-8,10-14,19H,1,9,15H2,2-6H3,(H,24,25). The van der Waals surface area contributed by atoms with Gasteiger partial charge in [0.1, 0.15) is 0 Å². The van der Waals surface area contributed by atoms with E-state index in [9.17, 15) is 9.59 Å². The first-order valence-corrected chi connectivity index (χ1v) is 8.89. The second-order valence-corrected chi connectivity index (χ2v) is 7.54. The van der Waals surface area contributed by atoms with E-state index in [2.05, 4.69) is 20.4 Å². The second kappa shape index (κ2) is 9.33. The Hall–Kier alpha value is -2.42. The molecule has 140 valence electrons. The van der Waals surface area contributed by atoms with Gasteiger partial charge < -0.3 is 5.11 Å². The first-order chi connectivity index (χ1) is 12.1. The minimum Gasteiger partial charge on any atom is -0.478 e. The lowest BCUT2D eigenvalue weighted by Gasteiger charge is -2.36. The molecule has 3 nitrogen and oxygen atoms in total. The van der Waals surface area contributed by atoms with Crippen LogP contribution in [0, 0.1) is 11.3 Å². The molecule has 1 unspecified atom stereocenters. The Morgan fingerprint density at radius 2 is 1.92 bits per heavy atom. The molecule has 26 heavy (non-hydrogen) atoms. The van der Waals surface area contributed by atoms with E-state index in [1.165, 1.54) is 6.08 Å². The van der Waals surface area contributed by atoms with Gasteiger partial charge in [-0.05, 0) is 55.7 Å². The molecule has 0 aliphatic heterocycles. The van der Waals surface area contributed by atoms with Gasteiger partial charge in [0, 0.05) is 12.0 Å². The van der Waals surface area contributed by atoms with E-state index in [1.807, 2.05) is 44.2 Å². The highest BCUT2D eigenvalue weighted by Crippen LogP contribution is 2.43. The molecule has 1 aliphatic rings. The van der Waals surface area contributed by atoms with Crippen LogP contribution in [0.1, 0.15) is 47.5 Å². The van der Waals surface area contributed by atoms with Crippen molar-refractivity contribution in [3.63, 3.8) is 0 Å². The fourth-order valence-corrected chi connectivity index (χ4v) is 3.37. The Balaban J connectivity index is 2.99. The normalized spacial score (nSPS) is 21.7. The number of rotatable bonds is 7. The van der Waals surface area contributed by atoms with Gasteiger partial charge in [-0.15, -0.1) is 6.58 Å². The second-order valence-electron chi connectivity index (χ2n) is 7.54. The Bertz CT molecular complexity index is 725. The molecule has 0 aromatic carbocycles. The third-order valence-electron chi connectivity index (χ3n) is 4.66. The highest BCUT2D eigenvalue weighted by Gasteiger charge is 2.36. The van der Waals surface area contributed by atoms with Gasteiger partial charge in [-0.1, -0.05) is 55.9 Å². The fourth-order valence-electron chi connectivity index (χ4n) is 3.37. The average molecular weight is 354 g/mol. The summed E-state index contributed by atoms with van der Waals surface area (Å²) in [7, 11) is 0. The lowest BCUT2D eigenvalue weighted by atomic mass is 9.67. The van der Waals surface area contributed by atoms with Crippen LogP contribution in [0.2, 0.25) is 0 Å². The summed E-state index contributed by atoms with van der Waals surface area (Å²) in [6.45, 7) is 13.8. The van der Waals surface area contributed by atoms with E-state index < -0.39 is 5.97 Å². The lowest BCUT2D eigenvalue weighted by molar-refractivity contribution is -0.131. The van der Waals surface area contributed by atoms with Crippen LogP contribution < -0.4 is 0 Å². The molecule has 0 heterocycles. The van der Waals surface area contributed by atoms with Crippen molar-refractivity contribution in [3.05, 3.63) is 71.4 Å². The van der Waals surface area contributed by atoms with Crippen LogP contribution in [0.3, 0.4) is 0 Å². The summed E-state index contributed by atoms with van der Waals surface area (Å²) in [6.07, 6.45) is 14.1. The Morgan fingerprint density at radius 1 is 1.27 bits per heavy atom. The maximum Gasteiger partial charge on any atom is 0.328 e. The van der Waals surface area contributed by atoms with E-state index in [0.29, 0.717) is 5.57 Å². The van der Waals surface area contributed by atoms with Crippen molar-refractivity contribution >= 4 is 11.8 Å². The number of aliphatic carboxylic acids is 1. The van der Waals surface area contributed by atoms with Crippen molar-refractivity contribution in [2.45, 2.75) is 47.5 Å². The zero-order valence-electron chi connectivity index (χ0n) is 16.5. The van der Waals surface area contributed by atoms with E-state index >= 15 is 0 Å². The molecule has 0 aromatic rings. The predicted octanol–water partition coefficient (Wildman–Crippen LogP) is 5.58. The Kier molecular flexibility index (Phi) is 7.76. The van der Waals surface area contributed by atoms with E-state index in [0.717, 1.165) is 29.6 Å². The molecule has 0 aromatic heterocycles. The van der Waals surface area contributed by atoms with Gasteiger partial charge in [0.05, 0.1) is 0 Å². The third kappa shape index (κ3) is 6.14. The molecule has 0 spiro atoms. The SMILES string of the molecule is C=CCC1CC(C)(C)C(C=CC(C)=CC=CC(C)=CC(=O)O)=C(C)C1=O. The summed E-state index contributed by atoms with van der Waals surface area (Å²) in [4.78, 5) is 23.2. The van der Waals surface area contributed by atoms with Crippen molar-refractivity contribution in [2.75, 3.05) is 0 Å². The van der Waals surface area contributed by atoms with Crippen molar-refractivity contribution in [1.29, 1.82) is 0 Å². The van der Waals surface area contributed by atoms with Crippen molar-refractivity contribution in [1.82, 2.24) is 0 Å². The fraction of sp³-hybridized carbons (Fsp3) is 0.391. The summed E-state index contributed by atoms with van der Waals surface area (Å²) in [5.41, 5.74) is 3.57. The first kappa shape index (κ1) is 21.6. The minimum absolute atomic E-state index is 0.0308. The van der Waals surface area contributed by atoms with E-state index in [-0.39, 0.29) is 17.1 Å². The zero-order valence-corrected chi connectivity index (χ0v) is 16.5. The summed E-state index contributed by atoms with van der Waals surface area (Å²) < 4.78 is 0. The highest BCUT2D eigenvalue weighted by atomic mass is 16.4. The van der Waals surface area contributed by atoms with Gasteiger partial charge in [0.15, 0.2) is 5.78 Å². The van der Waals surface area contributed by atoms with E-state index in [4.69, 9.17) is 5.11 Å². The number of carboxylic acid groups (broad SMARTS) is 1. The Labute approximate surface area is 157 Å². The number of hydrogen-bond donors (Lipinski definition) is 1. The van der Waals surface area contributed by atoms with Crippen molar-refractivity contribution < 1.29 is 14.7 Å². The van der Waals surface area contributed by atoms with E-state index in [1.54, 1.807) is 13.0 Å². The molecule has 0 saturated carbocycles. The predicted molar refractivity (Wildman–Crippen MR) is 108 cm³/mol. The summed E-state index contributed by atoms with van der Waals surface area (Å²) in [6, 6.07) is 0. The van der Waals surface area contributed by atoms with Crippen LogP contribution in [0.4, 0.5) is 0 Å². The molecule has 0 saturated heterocycles. The summed E-state index contributed by atoms with van der Waals surface area (Å²) in [5, 5.41) is 8.69. The molecule has 1 atom stereocenters. The number of allylic oxidation sites excluding steroid dienone is 10. The topological polar surface area (TPSA) is 54.4 Å². The van der Waals surface area contributed by atoms with Gasteiger partial charge >= 0.3 is 5.97 Å². The molecular weight excluding hydrogens is 324 g/mol. The first-order valence-electron chi connectivity index (χ1n) is 8.89. The summed E-state index contributed by atoms with van der Waals surface area (Å²) in [5.74, 6) is -0.697. The van der Waals surface area contributed by atoms with Gasteiger partial charge in [0.25, 0.3) is 0 Å². The molecule has 1 N–H and O–H groups in total. The smallest absolute Gasteiger partial charge is 0.328 e. The van der Waals surface area contributed by atoms with Crippen LogP contribution in [0.15, 0.2) is 71.4 Å². The molecule has 0 fully saturated rings. The lowest BCUT2D eigenvalue weighted by Crippen LogP contribution is -2.32. The zero-order chi connectivity index (χ0) is 19.9. The van der Waals surface area contributed by atoms with Crippen molar-refractivity contribution in [2.24, 2.45) is 11.3 Å². The number of ketones is 1. The Morgan fingerprint density at radius 3 is 2.50 bits per heavy atom. The molecular formula is C23H30O3. The maximum atomic E-state index is 12.6. The molecule has 0 radical (unpaired) electrons. The van der Waals surface area contributed by atoms with Gasteiger partial charge in [-0.25, -0.2) is 4.79 Å². The molecule has 0 amide bonds. The monoisotopic (exact) mass is 354 g/mol. The quantitative estimate of drug-likeness (QED) is 0.369. The van der Waals surface area contributed by atoms with Crippen LogP contribution in [0.25, 0.3) is 0 Å². The average Bonchev–Trinajstić information content (AvgIpc) is 2.51. The van der Waals surface area contributed by atoms with Crippen LogP contribution in [-0.2, 0) is 9.59 Å². The van der Waals surface area contributed by atoms with Crippen LogP contribution in [0.5, 0.6) is 0 Å². The third-order valence-corrected chi connectivity index (χ3v) is 4.66. The van der Waals surface area contributed by atoms with Crippen molar-refractivity contribution in [3.8, 4) is 0 Å². The van der Waals surface area contributed by atoms with Crippen LogP contribution in [-0.4, -0.2) is 16.9 Å². The number of carboxylic acids is 1. The largest absolute Gasteiger partial charge is 0.478 e. The molecule has 1 rings (SSSR count). The summed E-state index contributed by atoms with van der Waals surface area (Å²) >= 11 is 0. The molecule has 0 bridgehead atoms. The van der Waals surface area contributed by atoms with Crippen LogP contribution >= 0.6 is 0 Å². The minimum atomic E-state index is -0.950. The van der Waals surface area contributed by atoms with Gasteiger partial charge in [0.2, 0.25) is 0 Å². The highest BCUT2D eigenvalue weighted by molar-refractivity contribution is 5.99. The maximum absolute atomic E-state index is 12.6. The molecule has 3 heteroatoms. The molecule has 1 aliphatic carbocycles.